The van der Waals surface area contributed by atoms with Crippen LogP contribution in [0.15, 0.2) is 59.7 Å². The van der Waals surface area contributed by atoms with Crippen molar-refractivity contribution in [3.63, 3.8) is 0 Å². The molecular weight excluding hydrogens is 398 g/mol. The number of hydrogen-bond acceptors (Lipinski definition) is 5. The predicted molar refractivity (Wildman–Crippen MR) is 130 cm³/mol. The number of nitrogens with one attached hydrogen (secondary N) is 1. The molecule has 1 aromatic carbocycles. The second-order valence-corrected chi connectivity index (χ2v) is 8.63. The fourth-order valence-corrected chi connectivity index (χ4v) is 4.46. The molecule has 32 heavy (non-hydrogen) atoms. The maximum absolute atomic E-state index is 12.7. The Labute approximate surface area is 189 Å². The van der Waals surface area contributed by atoms with Gasteiger partial charge in [-0.3, -0.25) is 14.3 Å². The van der Waals surface area contributed by atoms with Crippen LogP contribution in [0.4, 0.5) is 5.95 Å². The summed E-state index contributed by atoms with van der Waals surface area (Å²) in [4.78, 5) is 23.8. The van der Waals surface area contributed by atoms with E-state index >= 15 is 0 Å². The molecule has 3 heterocycles. The molecule has 0 aliphatic carbocycles. The molecule has 166 valence electrons. The maximum atomic E-state index is 12.7. The van der Waals surface area contributed by atoms with Crippen molar-refractivity contribution in [1.82, 2.24) is 14.5 Å². The van der Waals surface area contributed by atoms with E-state index in [1.807, 2.05) is 12.1 Å². The molecule has 4 rings (SSSR count). The third-order valence-electron chi connectivity index (χ3n) is 6.21. The lowest BCUT2D eigenvalue weighted by Crippen LogP contribution is -2.38. The molecule has 0 bridgehead atoms. The average molecular weight is 430 g/mol. The number of benzene rings is 1. The number of hydrogen-bond donors (Lipinski definition) is 1. The number of aromatic nitrogens is 3. The second-order valence-electron chi connectivity index (χ2n) is 8.63. The highest BCUT2D eigenvalue weighted by molar-refractivity contribution is 5.83. The smallest absolute Gasteiger partial charge is 0.255 e. The van der Waals surface area contributed by atoms with Crippen molar-refractivity contribution in [1.29, 1.82) is 5.41 Å². The summed E-state index contributed by atoms with van der Waals surface area (Å²) in [7, 11) is 1.80. The largest absolute Gasteiger partial charge is 0.342 e. The third kappa shape index (κ3) is 4.96. The first-order chi connectivity index (χ1) is 15.5. The van der Waals surface area contributed by atoms with E-state index in [1.54, 1.807) is 30.1 Å². The molecule has 1 N–H and O–H groups in total. The molecule has 1 fully saturated rings. The van der Waals surface area contributed by atoms with Gasteiger partial charge in [-0.15, -0.1) is 0 Å². The molecule has 1 unspecified atom stereocenters. The van der Waals surface area contributed by atoms with Crippen LogP contribution in [0.5, 0.6) is 0 Å². The third-order valence-corrected chi connectivity index (χ3v) is 6.21. The number of nitrogens with zero attached hydrogens (tertiary/aromatic N) is 4. The summed E-state index contributed by atoms with van der Waals surface area (Å²) in [6.07, 6.45) is 8.25. The zero-order valence-corrected chi connectivity index (χ0v) is 18.9. The number of anilines is 1. The van der Waals surface area contributed by atoms with E-state index in [1.165, 1.54) is 11.1 Å². The molecule has 0 radical (unpaired) electrons. The van der Waals surface area contributed by atoms with E-state index in [4.69, 9.17) is 10.4 Å². The Morgan fingerprint density at radius 1 is 1.16 bits per heavy atom. The molecule has 1 aliphatic rings. The molecule has 1 saturated heterocycles. The van der Waals surface area contributed by atoms with Crippen LogP contribution in [-0.2, 0) is 13.5 Å². The highest BCUT2D eigenvalue weighted by Gasteiger charge is 2.24. The lowest BCUT2D eigenvalue weighted by Gasteiger charge is -2.34. The summed E-state index contributed by atoms with van der Waals surface area (Å²) < 4.78 is 1.65. The van der Waals surface area contributed by atoms with Crippen molar-refractivity contribution >= 4 is 11.7 Å². The highest BCUT2D eigenvalue weighted by Crippen LogP contribution is 2.30. The number of pyridine rings is 1. The standard InChI is InChI=1S/C26H31N5O/c1-3-5-23(27)16-19-7-9-20(10-8-19)22-6-4-15-31(18-22)26-29-24(17-25(32)30(26)2)21-11-13-28-14-12-21/h7-14,17,22,27H,3-6,15-16,18H2,1-2H3. The Morgan fingerprint density at radius 2 is 1.91 bits per heavy atom. The summed E-state index contributed by atoms with van der Waals surface area (Å²) in [5.74, 6) is 1.12. The molecule has 1 atom stereocenters. The van der Waals surface area contributed by atoms with Crippen molar-refractivity contribution in [2.45, 2.75) is 44.9 Å². The first-order valence-electron chi connectivity index (χ1n) is 11.4. The van der Waals surface area contributed by atoms with Crippen molar-refractivity contribution in [2.75, 3.05) is 18.0 Å². The molecule has 3 aromatic rings. The van der Waals surface area contributed by atoms with Gasteiger partial charge in [-0.05, 0) is 42.5 Å². The van der Waals surface area contributed by atoms with Crippen LogP contribution in [0.3, 0.4) is 0 Å². The van der Waals surface area contributed by atoms with Gasteiger partial charge in [-0.25, -0.2) is 4.98 Å². The SMILES string of the molecule is CCCC(=N)Cc1ccc(C2CCCN(c3nc(-c4ccncc4)cc(=O)n3C)C2)cc1. The summed E-state index contributed by atoms with van der Waals surface area (Å²) >= 11 is 0. The second kappa shape index (κ2) is 9.90. The van der Waals surface area contributed by atoms with Crippen LogP contribution in [0.2, 0.25) is 0 Å². The Bertz CT molecular complexity index is 1120. The molecule has 1 aliphatic heterocycles. The van der Waals surface area contributed by atoms with E-state index in [2.05, 4.69) is 41.1 Å². The first kappa shape index (κ1) is 21.9. The van der Waals surface area contributed by atoms with Crippen LogP contribution >= 0.6 is 0 Å². The van der Waals surface area contributed by atoms with Gasteiger partial charge in [0.2, 0.25) is 5.95 Å². The van der Waals surface area contributed by atoms with E-state index < -0.39 is 0 Å². The Kier molecular flexibility index (Phi) is 6.78. The lowest BCUT2D eigenvalue weighted by atomic mass is 9.90. The minimum Gasteiger partial charge on any atom is -0.342 e. The van der Waals surface area contributed by atoms with Crippen molar-refractivity contribution < 1.29 is 0 Å². The fourth-order valence-electron chi connectivity index (χ4n) is 4.46. The van der Waals surface area contributed by atoms with Crippen molar-refractivity contribution in [3.8, 4) is 11.3 Å². The van der Waals surface area contributed by atoms with E-state index in [0.29, 0.717) is 11.6 Å². The van der Waals surface area contributed by atoms with Crippen molar-refractivity contribution in [3.05, 3.63) is 76.3 Å². The summed E-state index contributed by atoms with van der Waals surface area (Å²) in [6, 6.07) is 14.1. The van der Waals surface area contributed by atoms with Gasteiger partial charge >= 0.3 is 0 Å². The summed E-state index contributed by atoms with van der Waals surface area (Å²) in [5.41, 5.74) is 4.85. The number of rotatable bonds is 7. The van der Waals surface area contributed by atoms with Gasteiger partial charge in [0.25, 0.3) is 5.56 Å². The fraction of sp³-hybridized carbons (Fsp3) is 0.385. The van der Waals surface area contributed by atoms with Crippen LogP contribution < -0.4 is 10.5 Å². The van der Waals surface area contributed by atoms with Gasteiger partial charge in [-0.2, -0.15) is 0 Å². The van der Waals surface area contributed by atoms with E-state index in [9.17, 15) is 4.79 Å². The Balaban J connectivity index is 1.54. The van der Waals surface area contributed by atoms with Crippen LogP contribution in [0.1, 0.15) is 49.7 Å². The molecule has 6 nitrogen and oxygen atoms in total. The molecule has 2 aromatic heterocycles. The Morgan fingerprint density at radius 3 is 2.62 bits per heavy atom. The molecule has 0 spiro atoms. The van der Waals surface area contributed by atoms with Gasteiger partial charge in [0.15, 0.2) is 0 Å². The van der Waals surface area contributed by atoms with Crippen LogP contribution in [-0.4, -0.2) is 33.3 Å². The molecule has 0 saturated carbocycles. The quantitative estimate of drug-likeness (QED) is 0.558. The maximum Gasteiger partial charge on any atom is 0.255 e. The van der Waals surface area contributed by atoms with Crippen LogP contribution in [0.25, 0.3) is 11.3 Å². The molecule has 0 amide bonds. The normalized spacial score (nSPS) is 16.2. The summed E-state index contributed by atoms with van der Waals surface area (Å²) in [6.45, 7) is 3.85. The number of piperidine rings is 1. The monoisotopic (exact) mass is 429 g/mol. The van der Waals surface area contributed by atoms with Gasteiger partial charge in [-0.1, -0.05) is 37.6 Å². The van der Waals surface area contributed by atoms with Crippen LogP contribution in [0, 0.1) is 5.41 Å². The minimum absolute atomic E-state index is 0.0529. The zero-order chi connectivity index (χ0) is 22.5. The topological polar surface area (TPSA) is 74.9 Å². The highest BCUT2D eigenvalue weighted by atomic mass is 16.1. The molecule has 6 heteroatoms. The van der Waals surface area contributed by atoms with Gasteiger partial charge in [0, 0.05) is 62.2 Å². The van der Waals surface area contributed by atoms with Gasteiger partial charge in [0.05, 0.1) is 5.69 Å². The zero-order valence-electron chi connectivity index (χ0n) is 18.9. The Hall–Kier alpha value is -3.28. The molecular formula is C26H31N5O. The van der Waals surface area contributed by atoms with E-state index in [-0.39, 0.29) is 5.56 Å². The minimum atomic E-state index is -0.0529. The van der Waals surface area contributed by atoms with Gasteiger partial charge < -0.3 is 10.3 Å². The van der Waals surface area contributed by atoms with Gasteiger partial charge in [0.1, 0.15) is 0 Å². The predicted octanol–water partition coefficient (Wildman–Crippen LogP) is 4.59. The van der Waals surface area contributed by atoms with Crippen molar-refractivity contribution in [2.24, 2.45) is 7.05 Å². The lowest BCUT2D eigenvalue weighted by molar-refractivity contribution is 0.497. The first-order valence-corrected chi connectivity index (χ1v) is 11.4. The summed E-state index contributed by atoms with van der Waals surface area (Å²) in [5, 5.41) is 8.07. The average Bonchev–Trinajstić information content (AvgIpc) is 2.82. The van der Waals surface area contributed by atoms with E-state index in [0.717, 1.165) is 62.4 Å².